The highest BCUT2D eigenvalue weighted by atomic mass is 19.4. The SMILES string of the molecule is N[C@@H](CO)COc1ccc(-c2ccc(OC(F)(F)F)cc2)cc1. The predicted molar refractivity (Wildman–Crippen MR) is 79.1 cm³/mol. The summed E-state index contributed by atoms with van der Waals surface area (Å²) < 4.78 is 45.5. The number of hydrogen-bond donors (Lipinski definition) is 2. The van der Waals surface area contributed by atoms with Crippen molar-refractivity contribution in [1.82, 2.24) is 0 Å². The van der Waals surface area contributed by atoms with E-state index in [-0.39, 0.29) is 19.0 Å². The first-order valence-electron chi connectivity index (χ1n) is 6.83. The number of aliphatic hydroxyl groups excluding tert-OH is 1. The Balaban J connectivity index is 2.01. The van der Waals surface area contributed by atoms with Crippen molar-refractivity contribution in [1.29, 1.82) is 0 Å². The molecule has 0 fully saturated rings. The Morgan fingerprint density at radius 1 is 0.913 bits per heavy atom. The number of rotatable bonds is 6. The van der Waals surface area contributed by atoms with Crippen LogP contribution in [0.2, 0.25) is 0 Å². The summed E-state index contributed by atoms with van der Waals surface area (Å²) in [5.74, 6) is 0.328. The Hall–Kier alpha value is -2.25. The molecule has 7 heteroatoms. The molecule has 0 saturated heterocycles. The Bertz CT molecular complexity index is 612. The molecule has 0 radical (unpaired) electrons. The van der Waals surface area contributed by atoms with E-state index in [4.69, 9.17) is 15.6 Å². The summed E-state index contributed by atoms with van der Waals surface area (Å²) in [7, 11) is 0. The lowest BCUT2D eigenvalue weighted by atomic mass is 10.1. The molecule has 0 aliphatic heterocycles. The summed E-state index contributed by atoms with van der Waals surface area (Å²) in [6, 6.07) is 12.1. The average molecular weight is 327 g/mol. The zero-order valence-electron chi connectivity index (χ0n) is 12.1. The minimum Gasteiger partial charge on any atom is -0.492 e. The molecule has 0 saturated carbocycles. The molecular weight excluding hydrogens is 311 g/mol. The molecular formula is C16H16F3NO3. The van der Waals surface area contributed by atoms with E-state index in [2.05, 4.69) is 4.74 Å². The molecule has 0 spiro atoms. The van der Waals surface area contributed by atoms with Crippen molar-refractivity contribution < 1.29 is 27.8 Å². The standard InChI is InChI=1S/C16H16F3NO3/c17-16(18,19)23-15-7-3-12(4-8-15)11-1-5-14(6-2-11)22-10-13(20)9-21/h1-8,13,21H,9-10,20H2/t13-/m0/s1. The normalized spacial score (nSPS) is 12.7. The Morgan fingerprint density at radius 3 is 1.83 bits per heavy atom. The lowest BCUT2D eigenvalue weighted by Gasteiger charge is -2.11. The highest BCUT2D eigenvalue weighted by Crippen LogP contribution is 2.27. The maximum atomic E-state index is 12.1. The average Bonchev–Trinajstić information content (AvgIpc) is 2.52. The predicted octanol–water partition coefficient (Wildman–Crippen LogP) is 2.95. The van der Waals surface area contributed by atoms with E-state index in [9.17, 15) is 13.2 Å². The van der Waals surface area contributed by atoms with Crippen LogP contribution in [0.3, 0.4) is 0 Å². The molecule has 124 valence electrons. The van der Waals surface area contributed by atoms with Crippen molar-refractivity contribution in [3.8, 4) is 22.6 Å². The topological polar surface area (TPSA) is 64.7 Å². The zero-order chi connectivity index (χ0) is 16.9. The van der Waals surface area contributed by atoms with E-state index in [1.54, 1.807) is 36.4 Å². The minimum atomic E-state index is -4.70. The number of nitrogens with two attached hydrogens (primary N) is 1. The van der Waals surface area contributed by atoms with Gasteiger partial charge in [0.25, 0.3) is 0 Å². The Kier molecular flexibility index (Phi) is 5.46. The first kappa shape index (κ1) is 17.1. The monoisotopic (exact) mass is 327 g/mol. The van der Waals surface area contributed by atoms with Crippen molar-refractivity contribution in [3.05, 3.63) is 48.5 Å². The smallest absolute Gasteiger partial charge is 0.492 e. The Morgan fingerprint density at radius 2 is 1.39 bits per heavy atom. The van der Waals surface area contributed by atoms with Gasteiger partial charge in [-0.25, -0.2) is 0 Å². The first-order valence-corrected chi connectivity index (χ1v) is 6.83. The second kappa shape index (κ2) is 7.34. The maximum Gasteiger partial charge on any atom is 0.573 e. The molecule has 23 heavy (non-hydrogen) atoms. The van der Waals surface area contributed by atoms with Gasteiger partial charge in [-0.1, -0.05) is 24.3 Å². The van der Waals surface area contributed by atoms with Crippen molar-refractivity contribution in [2.75, 3.05) is 13.2 Å². The minimum absolute atomic E-state index is 0.162. The van der Waals surface area contributed by atoms with Crippen LogP contribution in [0.25, 0.3) is 11.1 Å². The molecule has 2 rings (SSSR count). The fourth-order valence-corrected chi connectivity index (χ4v) is 1.85. The second-order valence-corrected chi connectivity index (χ2v) is 4.85. The third-order valence-corrected chi connectivity index (χ3v) is 2.97. The van der Waals surface area contributed by atoms with Crippen LogP contribution in [-0.2, 0) is 0 Å². The lowest BCUT2D eigenvalue weighted by molar-refractivity contribution is -0.274. The largest absolute Gasteiger partial charge is 0.573 e. The van der Waals surface area contributed by atoms with Crippen molar-refractivity contribution in [2.24, 2.45) is 5.73 Å². The number of alkyl halides is 3. The van der Waals surface area contributed by atoms with Crippen molar-refractivity contribution in [3.63, 3.8) is 0 Å². The summed E-state index contributed by atoms with van der Waals surface area (Å²) >= 11 is 0. The molecule has 0 amide bonds. The lowest BCUT2D eigenvalue weighted by Crippen LogP contribution is -2.31. The number of ether oxygens (including phenoxy) is 2. The van der Waals surface area contributed by atoms with Gasteiger partial charge in [-0.3, -0.25) is 0 Å². The maximum absolute atomic E-state index is 12.1. The highest BCUT2D eigenvalue weighted by Gasteiger charge is 2.30. The number of hydrogen-bond acceptors (Lipinski definition) is 4. The van der Waals surface area contributed by atoms with Gasteiger partial charge < -0.3 is 20.3 Å². The molecule has 2 aromatic carbocycles. The van der Waals surface area contributed by atoms with Crippen LogP contribution in [-0.4, -0.2) is 30.7 Å². The van der Waals surface area contributed by atoms with Gasteiger partial charge >= 0.3 is 6.36 Å². The van der Waals surface area contributed by atoms with Crippen LogP contribution in [0, 0.1) is 0 Å². The van der Waals surface area contributed by atoms with E-state index in [0.29, 0.717) is 5.75 Å². The quantitative estimate of drug-likeness (QED) is 0.856. The molecule has 0 unspecified atom stereocenters. The second-order valence-electron chi connectivity index (χ2n) is 4.85. The van der Waals surface area contributed by atoms with Crippen LogP contribution < -0.4 is 15.2 Å². The van der Waals surface area contributed by atoms with Gasteiger partial charge in [0.1, 0.15) is 18.1 Å². The van der Waals surface area contributed by atoms with Crippen LogP contribution >= 0.6 is 0 Å². The van der Waals surface area contributed by atoms with E-state index in [1.165, 1.54) is 12.1 Å². The summed E-state index contributed by atoms with van der Waals surface area (Å²) in [5, 5.41) is 8.81. The molecule has 4 nitrogen and oxygen atoms in total. The van der Waals surface area contributed by atoms with Crippen LogP contribution in [0.5, 0.6) is 11.5 Å². The molecule has 3 N–H and O–H groups in total. The molecule has 0 aliphatic carbocycles. The van der Waals surface area contributed by atoms with Gasteiger partial charge in [0.2, 0.25) is 0 Å². The van der Waals surface area contributed by atoms with Crippen LogP contribution in [0.15, 0.2) is 48.5 Å². The number of benzene rings is 2. The fourth-order valence-electron chi connectivity index (χ4n) is 1.85. The summed E-state index contributed by atoms with van der Waals surface area (Å²) in [6.07, 6.45) is -4.70. The molecule has 0 bridgehead atoms. The first-order chi connectivity index (χ1) is 10.9. The van der Waals surface area contributed by atoms with Crippen molar-refractivity contribution in [2.45, 2.75) is 12.4 Å². The summed E-state index contributed by atoms with van der Waals surface area (Å²) in [4.78, 5) is 0. The Labute approximate surface area is 131 Å². The third kappa shape index (κ3) is 5.46. The van der Waals surface area contributed by atoms with Gasteiger partial charge in [-0.05, 0) is 35.4 Å². The molecule has 1 atom stereocenters. The van der Waals surface area contributed by atoms with E-state index in [0.717, 1.165) is 11.1 Å². The molecule has 2 aromatic rings. The third-order valence-electron chi connectivity index (χ3n) is 2.97. The van der Waals surface area contributed by atoms with E-state index >= 15 is 0 Å². The van der Waals surface area contributed by atoms with Crippen LogP contribution in [0.4, 0.5) is 13.2 Å². The summed E-state index contributed by atoms with van der Waals surface area (Å²) in [5.41, 5.74) is 7.10. The molecule has 0 aliphatic rings. The van der Waals surface area contributed by atoms with Crippen molar-refractivity contribution >= 4 is 0 Å². The van der Waals surface area contributed by atoms with Gasteiger partial charge in [0.05, 0.1) is 12.6 Å². The molecule has 0 aromatic heterocycles. The van der Waals surface area contributed by atoms with Crippen LogP contribution in [0.1, 0.15) is 0 Å². The highest BCUT2D eigenvalue weighted by molar-refractivity contribution is 5.64. The zero-order valence-corrected chi connectivity index (χ0v) is 12.1. The molecule has 0 heterocycles. The fraction of sp³-hybridized carbons (Fsp3) is 0.250. The van der Waals surface area contributed by atoms with E-state index in [1.807, 2.05) is 0 Å². The number of aliphatic hydroxyl groups is 1. The number of halogens is 3. The van der Waals surface area contributed by atoms with Gasteiger partial charge in [0.15, 0.2) is 0 Å². The van der Waals surface area contributed by atoms with Gasteiger partial charge in [-0.15, -0.1) is 13.2 Å². The van der Waals surface area contributed by atoms with Gasteiger partial charge in [0, 0.05) is 0 Å². The van der Waals surface area contributed by atoms with E-state index < -0.39 is 12.4 Å². The summed E-state index contributed by atoms with van der Waals surface area (Å²) in [6.45, 7) is 0.0315. The van der Waals surface area contributed by atoms with Gasteiger partial charge in [-0.2, -0.15) is 0 Å².